The molecule has 0 aromatic heterocycles. The monoisotopic (exact) mass is 372 g/mol. The molecule has 148 valence electrons. The number of hydrogen-bond donors (Lipinski definition) is 0. The van der Waals surface area contributed by atoms with Crippen LogP contribution < -0.4 is 9.80 Å². The summed E-state index contributed by atoms with van der Waals surface area (Å²) in [7, 11) is 3.99. The Kier molecular flexibility index (Phi) is 6.37. The van der Waals surface area contributed by atoms with Gasteiger partial charge in [-0.2, -0.15) is 0 Å². The van der Waals surface area contributed by atoms with Crippen molar-refractivity contribution in [2.45, 2.75) is 26.2 Å². The van der Waals surface area contributed by atoms with Crippen molar-refractivity contribution in [1.29, 1.82) is 0 Å². The van der Waals surface area contributed by atoms with Gasteiger partial charge in [-0.3, -0.25) is 9.59 Å². The summed E-state index contributed by atoms with van der Waals surface area (Å²) in [6.07, 6.45) is 2.38. The highest BCUT2D eigenvalue weighted by molar-refractivity contribution is 6.00. The van der Waals surface area contributed by atoms with E-state index in [1.807, 2.05) is 19.2 Å². The maximum Gasteiger partial charge on any atom is 0.227 e. The SMILES string of the molecule is CCCCN(C)C(=O)C1CC(=O)N(c2ccc(N3CCN(C)CC3)cc2)C1. The van der Waals surface area contributed by atoms with E-state index in [0.29, 0.717) is 13.0 Å². The molecule has 2 fully saturated rings. The fourth-order valence-corrected chi connectivity index (χ4v) is 3.85. The van der Waals surface area contributed by atoms with Gasteiger partial charge in [-0.05, 0) is 37.7 Å². The summed E-state index contributed by atoms with van der Waals surface area (Å²) in [6.45, 7) is 7.56. The molecule has 0 spiro atoms. The van der Waals surface area contributed by atoms with Crippen molar-refractivity contribution < 1.29 is 9.59 Å². The molecule has 6 nitrogen and oxygen atoms in total. The highest BCUT2D eigenvalue weighted by Gasteiger charge is 2.36. The number of benzene rings is 1. The number of hydrogen-bond acceptors (Lipinski definition) is 4. The van der Waals surface area contributed by atoms with Crippen molar-refractivity contribution >= 4 is 23.2 Å². The molecule has 0 aliphatic carbocycles. The van der Waals surface area contributed by atoms with Crippen molar-refractivity contribution in [3.8, 4) is 0 Å². The molecule has 27 heavy (non-hydrogen) atoms. The predicted molar refractivity (Wildman–Crippen MR) is 109 cm³/mol. The van der Waals surface area contributed by atoms with Crippen LogP contribution in [0.5, 0.6) is 0 Å². The van der Waals surface area contributed by atoms with E-state index >= 15 is 0 Å². The molecule has 1 aromatic rings. The lowest BCUT2D eigenvalue weighted by molar-refractivity contribution is -0.134. The van der Waals surface area contributed by atoms with Crippen LogP contribution in [-0.4, -0.2) is 75.0 Å². The van der Waals surface area contributed by atoms with Crippen LogP contribution in [0.4, 0.5) is 11.4 Å². The molecule has 1 aromatic carbocycles. The fraction of sp³-hybridized carbons (Fsp3) is 0.619. The second kappa shape index (κ2) is 8.74. The quantitative estimate of drug-likeness (QED) is 0.767. The Morgan fingerprint density at radius 2 is 1.74 bits per heavy atom. The summed E-state index contributed by atoms with van der Waals surface area (Å²) < 4.78 is 0. The Bertz CT molecular complexity index is 653. The van der Waals surface area contributed by atoms with Crippen LogP contribution in [0.1, 0.15) is 26.2 Å². The number of nitrogens with zero attached hydrogens (tertiary/aromatic N) is 4. The van der Waals surface area contributed by atoms with Crippen LogP contribution >= 0.6 is 0 Å². The number of rotatable bonds is 6. The number of carbonyl (C=O) groups is 2. The van der Waals surface area contributed by atoms with Crippen molar-refractivity contribution in [3.05, 3.63) is 24.3 Å². The molecule has 0 radical (unpaired) electrons. The van der Waals surface area contributed by atoms with Gasteiger partial charge in [0.15, 0.2) is 0 Å². The van der Waals surface area contributed by atoms with Gasteiger partial charge in [0.2, 0.25) is 11.8 Å². The first-order valence-electron chi connectivity index (χ1n) is 10.1. The average Bonchev–Trinajstić information content (AvgIpc) is 3.08. The second-order valence-electron chi connectivity index (χ2n) is 7.83. The number of anilines is 2. The third kappa shape index (κ3) is 4.61. The summed E-state index contributed by atoms with van der Waals surface area (Å²) in [5, 5.41) is 0. The van der Waals surface area contributed by atoms with Crippen molar-refractivity contribution in [1.82, 2.24) is 9.80 Å². The summed E-state index contributed by atoms with van der Waals surface area (Å²) in [5.74, 6) is -0.0883. The van der Waals surface area contributed by atoms with E-state index in [0.717, 1.165) is 51.3 Å². The van der Waals surface area contributed by atoms with Crippen LogP contribution in [0.25, 0.3) is 0 Å². The average molecular weight is 373 g/mol. The molecular formula is C21H32N4O2. The van der Waals surface area contributed by atoms with Crippen molar-refractivity contribution in [2.75, 3.05) is 63.2 Å². The van der Waals surface area contributed by atoms with E-state index in [-0.39, 0.29) is 17.7 Å². The van der Waals surface area contributed by atoms with Gasteiger partial charge < -0.3 is 19.6 Å². The van der Waals surface area contributed by atoms with Gasteiger partial charge in [0.05, 0.1) is 5.92 Å². The lowest BCUT2D eigenvalue weighted by Gasteiger charge is -2.34. The van der Waals surface area contributed by atoms with E-state index in [2.05, 4.69) is 35.9 Å². The minimum Gasteiger partial charge on any atom is -0.369 e. The van der Waals surface area contributed by atoms with Gasteiger partial charge in [-0.25, -0.2) is 0 Å². The zero-order valence-corrected chi connectivity index (χ0v) is 16.9. The smallest absolute Gasteiger partial charge is 0.227 e. The molecule has 0 bridgehead atoms. The van der Waals surface area contributed by atoms with Gasteiger partial charge in [-0.15, -0.1) is 0 Å². The van der Waals surface area contributed by atoms with E-state index in [4.69, 9.17) is 0 Å². The van der Waals surface area contributed by atoms with E-state index in [1.54, 1.807) is 9.80 Å². The zero-order valence-electron chi connectivity index (χ0n) is 16.9. The van der Waals surface area contributed by atoms with Gasteiger partial charge >= 0.3 is 0 Å². The maximum atomic E-state index is 12.6. The van der Waals surface area contributed by atoms with Gasteiger partial charge in [0.1, 0.15) is 0 Å². The first-order valence-corrected chi connectivity index (χ1v) is 10.1. The summed E-state index contributed by atoms with van der Waals surface area (Å²) in [4.78, 5) is 33.3. The molecule has 2 aliphatic heterocycles. The van der Waals surface area contributed by atoms with E-state index < -0.39 is 0 Å². The Labute approximate surface area is 162 Å². The summed E-state index contributed by atoms with van der Waals surface area (Å²) in [5.41, 5.74) is 2.09. The molecule has 6 heteroatoms. The highest BCUT2D eigenvalue weighted by Crippen LogP contribution is 2.28. The number of likely N-dealkylation sites (N-methyl/N-ethyl adjacent to an activating group) is 1. The van der Waals surface area contributed by atoms with Crippen molar-refractivity contribution in [3.63, 3.8) is 0 Å². The molecule has 2 saturated heterocycles. The minimum absolute atomic E-state index is 0.0459. The summed E-state index contributed by atoms with van der Waals surface area (Å²) >= 11 is 0. The lowest BCUT2D eigenvalue weighted by atomic mass is 10.1. The molecular weight excluding hydrogens is 340 g/mol. The molecule has 3 rings (SSSR count). The Morgan fingerprint density at radius 3 is 2.37 bits per heavy atom. The molecule has 2 aliphatic rings. The Balaban J connectivity index is 1.61. The van der Waals surface area contributed by atoms with E-state index in [9.17, 15) is 9.59 Å². The largest absolute Gasteiger partial charge is 0.369 e. The first-order chi connectivity index (χ1) is 13.0. The topological polar surface area (TPSA) is 47.1 Å². The highest BCUT2D eigenvalue weighted by atomic mass is 16.2. The molecule has 2 heterocycles. The van der Waals surface area contributed by atoms with Crippen LogP contribution in [0.2, 0.25) is 0 Å². The predicted octanol–water partition coefficient (Wildman–Crippen LogP) is 2.05. The lowest BCUT2D eigenvalue weighted by Crippen LogP contribution is -2.44. The maximum absolute atomic E-state index is 12.6. The Morgan fingerprint density at radius 1 is 1.11 bits per heavy atom. The first kappa shape index (κ1) is 19.7. The number of amides is 2. The zero-order chi connectivity index (χ0) is 19.4. The Hall–Kier alpha value is -2.08. The van der Waals surface area contributed by atoms with Crippen LogP contribution in [0.15, 0.2) is 24.3 Å². The number of carbonyl (C=O) groups excluding carboxylic acids is 2. The summed E-state index contributed by atoms with van der Waals surface area (Å²) in [6, 6.07) is 8.21. The van der Waals surface area contributed by atoms with Gasteiger partial charge in [-0.1, -0.05) is 13.3 Å². The number of piperazine rings is 1. The minimum atomic E-state index is -0.225. The standard InChI is InChI=1S/C21H32N4O2/c1-4-5-10-23(3)21(27)17-15-20(26)25(16-17)19-8-6-18(7-9-19)24-13-11-22(2)12-14-24/h6-9,17H,4-5,10-16H2,1-3H3. The molecule has 0 N–H and O–H groups in total. The second-order valence-corrected chi connectivity index (χ2v) is 7.83. The third-order valence-corrected chi connectivity index (χ3v) is 5.73. The number of unbranched alkanes of at least 4 members (excludes halogenated alkanes) is 1. The molecule has 1 unspecified atom stereocenters. The van der Waals surface area contributed by atoms with Crippen LogP contribution in [0.3, 0.4) is 0 Å². The normalized spacial score (nSPS) is 21.0. The van der Waals surface area contributed by atoms with Crippen LogP contribution in [-0.2, 0) is 9.59 Å². The van der Waals surface area contributed by atoms with Crippen molar-refractivity contribution in [2.24, 2.45) is 5.92 Å². The molecule has 0 saturated carbocycles. The molecule has 1 atom stereocenters. The molecule has 2 amide bonds. The van der Waals surface area contributed by atoms with Gasteiger partial charge in [0.25, 0.3) is 0 Å². The fourth-order valence-electron chi connectivity index (χ4n) is 3.85. The van der Waals surface area contributed by atoms with Crippen LogP contribution in [0, 0.1) is 5.92 Å². The third-order valence-electron chi connectivity index (χ3n) is 5.73. The van der Waals surface area contributed by atoms with E-state index in [1.165, 1.54) is 5.69 Å². The van der Waals surface area contributed by atoms with Gasteiger partial charge in [0, 0.05) is 64.1 Å².